The number of carbonyl (C=O) groups excluding carboxylic acids is 1. The van der Waals surface area contributed by atoms with Gasteiger partial charge in [0.05, 0.1) is 25.3 Å². The van der Waals surface area contributed by atoms with E-state index in [1.165, 1.54) is 24.3 Å². The van der Waals surface area contributed by atoms with Gasteiger partial charge in [0.15, 0.2) is 10.8 Å². The number of hydrogen-bond donors (Lipinski definition) is 1. The SMILES string of the molecule is Cc1cnc2n(c1=O)C(CC(=O)NCCn1ncc3c(=O)n(Cc4ccc(Br)cc4)cnc31)CS2. The number of nitrogens with one attached hydrogen (secondary N) is 1. The monoisotopic (exact) mass is 555 g/mol. The molecule has 180 valence electrons. The van der Waals surface area contributed by atoms with E-state index in [1.807, 2.05) is 24.3 Å². The van der Waals surface area contributed by atoms with Crippen LogP contribution in [0, 0.1) is 6.92 Å². The lowest BCUT2D eigenvalue weighted by Crippen LogP contribution is -2.33. The van der Waals surface area contributed by atoms with Gasteiger partial charge in [-0.25, -0.2) is 14.6 Å². The summed E-state index contributed by atoms with van der Waals surface area (Å²) in [5, 5.41) is 8.25. The minimum atomic E-state index is -0.216. The normalized spacial score (nSPS) is 14.9. The van der Waals surface area contributed by atoms with Gasteiger partial charge < -0.3 is 5.32 Å². The molecule has 0 aliphatic carbocycles. The number of carbonyl (C=O) groups is 1. The molecular formula is C23H22BrN7O3S. The van der Waals surface area contributed by atoms with Gasteiger partial charge in [-0.15, -0.1) is 0 Å². The third kappa shape index (κ3) is 4.80. The summed E-state index contributed by atoms with van der Waals surface area (Å²) in [5.74, 6) is 0.484. The van der Waals surface area contributed by atoms with Crippen LogP contribution in [0.3, 0.4) is 0 Å². The van der Waals surface area contributed by atoms with Crippen molar-refractivity contribution in [2.75, 3.05) is 12.3 Å². The summed E-state index contributed by atoms with van der Waals surface area (Å²) in [5.41, 5.74) is 1.77. The number of hydrogen-bond acceptors (Lipinski definition) is 7. The molecule has 0 fully saturated rings. The molecule has 1 aliphatic rings. The van der Waals surface area contributed by atoms with E-state index >= 15 is 0 Å². The van der Waals surface area contributed by atoms with Gasteiger partial charge in [-0.05, 0) is 24.6 Å². The van der Waals surface area contributed by atoms with Crippen LogP contribution in [-0.2, 0) is 17.9 Å². The topological polar surface area (TPSA) is 117 Å². The lowest BCUT2D eigenvalue weighted by molar-refractivity contribution is -0.121. The van der Waals surface area contributed by atoms with Crippen LogP contribution in [0.5, 0.6) is 0 Å². The van der Waals surface area contributed by atoms with Crippen LogP contribution in [0.2, 0.25) is 0 Å². The molecule has 4 heterocycles. The van der Waals surface area contributed by atoms with E-state index in [0.717, 1.165) is 10.0 Å². The molecule has 1 unspecified atom stereocenters. The number of rotatable bonds is 7. The Hall–Kier alpha value is -3.25. The second kappa shape index (κ2) is 9.78. The van der Waals surface area contributed by atoms with Gasteiger partial charge in [-0.1, -0.05) is 39.8 Å². The molecule has 10 nitrogen and oxygen atoms in total. The predicted molar refractivity (Wildman–Crippen MR) is 136 cm³/mol. The van der Waals surface area contributed by atoms with Crippen molar-refractivity contribution in [1.29, 1.82) is 0 Å². The number of benzene rings is 1. The fourth-order valence-corrected chi connectivity index (χ4v) is 5.39. The van der Waals surface area contributed by atoms with Crippen molar-refractivity contribution in [3.63, 3.8) is 0 Å². The lowest BCUT2D eigenvalue weighted by atomic mass is 10.2. The van der Waals surface area contributed by atoms with Gasteiger partial charge in [0.1, 0.15) is 11.7 Å². The summed E-state index contributed by atoms with van der Waals surface area (Å²) in [7, 11) is 0. The number of nitrogens with zero attached hydrogens (tertiary/aromatic N) is 6. The van der Waals surface area contributed by atoms with Crippen molar-refractivity contribution >= 4 is 44.6 Å². The maximum Gasteiger partial charge on any atom is 0.264 e. The Morgan fingerprint density at radius 3 is 2.77 bits per heavy atom. The van der Waals surface area contributed by atoms with E-state index in [4.69, 9.17) is 0 Å². The van der Waals surface area contributed by atoms with Gasteiger partial charge >= 0.3 is 0 Å². The highest BCUT2D eigenvalue weighted by molar-refractivity contribution is 9.10. The molecule has 1 amide bonds. The first-order valence-electron chi connectivity index (χ1n) is 11.0. The van der Waals surface area contributed by atoms with E-state index in [-0.39, 0.29) is 29.5 Å². The second-order valence-electron chi connectivity index (χ2n) is 8.33. The second-order valence-corrected chi connectivity index (χ2v) is 10.2. The number of thioether (sulfide) groups is 1. The third-order valence-corrected chi connectivity index (χ3v) is 7.50. The van der Waals surface area contributed by atoms with Crippen molar-refractivity contribution in [2.45, 2.75) is 37.6 Å². The lowest BCUT2D eigenvalue weighted by Gasteiger charge is -2.13. The third-order valence-electron chi connectivity index (χ3n) is 5.86. The van der Waals surface area contributed by atoms with Crippen molar-refractivity contribution in [1.82, 2.24) is 34.2 Å². The Labute approximate surface area is 212 Å². The molecule has 35 heavy (non-hydrogen) atoms. The van der Waals surface area contributed by atoms with E-state index in [2.05, 4.69) is 36.3 Å². The van der Waals surface area contributed by atoms with Gasteiger partial charge in [0.2, 0.25) is 5.91 Å². The van der Waals surface area contributed by atoms with Crippen molar-refractivity contribution < 1.29 is 4.79 Å². The molecule has 12 heteroatoms. The Balaban J connectivity index is 1.21. The summed E-state index contributed by atoms with van der Waals surface area (Å²) in [6.45, 7) is 2.83. The zero-order valence-corrected chi connectivity index (χ0v) is 21.3. The molecule has 0 bridgehead atoms. The van der Waals surface area contributed by atoms with Crippen LogP contribution in [0.1, 0.15) is 23.6 Å². The molecule has 3 aromatic heterocycles. The first-order chi connectivity index (χ1) is 16.9. The zero-order valence-electron chi connectivity index (χ0n) is 18.8. The van der Waals surface area contributed by atoms with Crippen LogP contribution in [0.15, 0.2) is 62.2 Å². The largest absolute Gasteiger partial charge is 0.354 e. The minimum absolute atomic E-state index is 0.0994. The van der Waals surface area contributed by atoms with Gasteiger partial charge in [-0.3, -0.25) is 23.5 Å². The summed E-state index contributed by atoms with van der Waals surface area (Å²) in [4.78, 5) is 46.6. The molecule has 0 radical (unpaired) electrons. The van der Waals surface area contributed by atoms with E-state index in [0.29, 0.717) is 47.1 Å². The van der Waals surface area contributed by atoms with Gasteiger partial charge in [0.25, 0.3) is 11.1 Å². The fraction of sp³-hybridized carbons (Fsp3) is 0.304. The highest BCUT2D eigenvalue weighted by Gasteiger charge is 2.27. The van der Waals surface area contributed by atoms with Crippen molar-refractivity contribution in [3.05, 3.63) is 79.3 Å². The molecule has 1 aliphatic heterocycles. The Morgan fingerprint density at radius 1 is 1.17 bits per heavy atom. The first kappa shape index (κ1) is 23.5. The highest BCUT2D eigenvalue weighted by Crippen LogP contribution is 2.31. The Morgan fingerprint density at radius 2 is 1.97 bits per heavy atom. The Kier molecular flexibility index (Phi) is 6.56. The van der Waals surface area contributed by atoms with E-state index in [1.54, 1.807) is 26.9 Å². The van der Waals surface area contributed by atoms with E-state index in [9.17, 15) is 14.4 Å². The minimum Gasteiger partial charge on any atom is -0.354 e. The average Bonchev–Trinajstić information content (AvgIpc) is 3.44. The van der Waals surface area contributed by atoms with E-state index < -0.39 is 0 Å². The predicted octanol–water partition coefficient (Wildman–Crippen LogP) is 2.12. The molecule has 5 rings (SSSR count). The molecule has 4 aromatic rings. The summed E-state index contributed by atoms with van der Waals surface area (Å²) in [6.07, 6.45) is 4.80. The summed E-state index contributed by atoms with van der Waals surface area (Å²) < 4.78 is 5.75. The van der Waals surface area contributed by atoms with Gasteiger partial charge in [0, 0.05) is 35.0 Å². The first-order valence-corrected chi connectivity index (χ1v) is 12.8. The number of halogens is 1. The van der Waals surface area contributed by atoms with Crippen molar-refractivity contribution in [3.8, 4) is 0 Å². The number of amides is 1. The molecule has 1 atom stereocenters. The highest BCUT2D eigenvalue weighted by atomic mass is 79.9. The zero-order chi connectivity index (χ0) is 24.5. The smallest absolute Gasteiger partial charge is 0.264 e. The van der Waals surface area contributed by atoms with Crippen LogP contribution in [0.4, 0.5) is 0 Å². The quantitative estimate of drug-likeness (QED) is 0.347. The number of aromatic nitrogens is 6. The molecule has 1 aromatic carbocycles. The fourth-order valence-electron chi connectivity index (χ4n) is 4.02. The maximum atomic E-state index is 12.9. The average molecular weight is 556 g/mol. The molecular weight excluding hydrogens is 534 g/mol. The molecule has 0 saturated carbocycles. The van der Waals surface area contributed by atoms with Crippen LogP contribution >= 0.6 is 27.7 Å². The Bertz CT molecular complexity index is 1530. The molecule has 1 N–H and O–H groups in total. The molecule has 0 spiro atoms. The standard InChI is InChI=1S/C23H22BrN7O3S/c1-14-9-26-23-31(21(14)33)17(12-35-23)8-19(32)25-6-7-30-20-18(10-28-30)22(34)29(13-27-20)11-15-2-4-16(24)5-3-15/h2-5,9-10,13,17H,6-8,11-12H2,1H3,(H,25,32). The van der Waals surface area contributed by atoms with Crippen LogP contribution in [-0.4, -0.2) is 47.1 Å². The molecule has 0 saturated heterocycles. The van der Waals surface area contributed by atoms with Crippen LogP contribution in [0.25, 0.3) is 11.0 Å². The van der Waals surface area contributed by atoms with Crippen molar-refractivity contribution in [2.24, 2.45) is 0 Å². The maximum absolute atomic E-state index is 12.9. The van der Waals surface area contributed by atoms with Gasteiger partial charge in [-0.2, -0.15) is 5.10 Å². The van der Waals surface area contributed by atoms with Crippen LogP contribution < -0.4 is 16.4 Å². The number of aryl methyl sites for hydroxylation is 1. The summed E-state index contributed by atoms with van der Waals surface area (Å²) >= 11 is 4.89. The number of fused-ring (bicyclic) bond motifs is 2. The summed E-state index contributed by atoms with van der Waals surface area (Å²) in [6, 6.07) is 7.54.